The van der Waals surface area contributed by atoms with Gasteiger partial charge in [0.15, 0.2) is 11.5 Å². The van der Waals surface area contributed by atoms with Crippen molar-refractivity contribution in [2.45, 2.75) is 25.8 Å². The number of halogens is 1. The molecule has 9 nitrogen and oxygen atoms in total. The lowest BCUT2D eigenvalue weighted by Crippen LogP contribution is -2.43. The highest BCUT2D eigenvalue weighted by Gasteiger charge is 2.28. The van der Waals surface area contributed by atoms with Crippen molar-refractivity contribution in [3.63, 3.8) is 0 Å². The van der Waals surface area contributed by atoms with Crippen LogP contribution in [0.25, 0.3) is 11.2 Å². The molecule has 2 N–H and O–H groups in total. The minimum absolute atomic E-state index is 0.0706. The lowest BCUT2D eigenvalue weighted by Gasteiger charge is -2.33. The van der Waals surface area contributed by atoms with Crippen molar-refractivity contribution in [1.29, 1.82) is 0 Å². The van der Waals surface area contributed by atoms with Crippen molar-refractivity contribution in [3.8, 4) is 0 Å². The molecule has 4 heterocycles. The van der Waals surface area contributed by atoms with Gasteiger partial charge in [-0.15, -0.1) is 0 Å². The number of nitrogens with one attached hydrogen (secondary N) is 2. The van der Waals surface area contributed by atoms with Gasteiger partial charge in [0.2, 0.25) is 11.2 Å². The number of fused-ring (bicyclic) bond motifs is 1. The summed E-state index contributed by atoms with van der Waals surface area (Å²) in [6.07, 6.45) is 9.70. The summed E-state index contributed by atoms with van der Waals surface area (Å²) in [6.45, 7) is 2.92. The molecule has 0 bridgehead atoms. The van der Waals surface area contributed by atoms with Gasteiger partial charge in [0, 0.05) is 38.6 Å². The van der Waals surface area contributed by atoms with Crippen LogP contribution in [0, 0.1) is 5.92 Å². The topological polar surface area (TPSA) is 105 Å². The standard InChI is InChI=1S/C17H21ClN8O/c18-17-23-14-13(21-10-22-14)15(24-17)26-7-1-3-12(9-26)16(27)20-4-2-6-25-8-5-19-11-25/h5,8,10-12H,1-4,6-7,9H2,(H,20,27)(H,21,22,23,24). The van der Waals surface area contributed by atoms with E-state index in [0.29, 0.717) is 24.6 Å². The second-order valence-corrected chi connectivity index (χ2v) is 6.99. The summed E-state index contributed by atoms with van der Waals surface area (Å²) in [5.74, 6) is 0.727. The van der Waals surface area contributed by atoms with Gasteiger partial charge in [-0.1, -0.05) is 0 Å². The van der Waals surface area contributed by atoms with Gasteiger partial charge >= 0.3 is 0 Å². The average molecular weight is 389 g/mol. The third-order valence-electron chi connectivity index (χ3n) is 4.78. The number of amides is 1. The number of piperidine rings is 1. The van der Waals surface area contributed by atoms with E-state index in [0.717, 1.165) is 37.9 Å². The quantitative estimate of drug-likeness (QED) is 0.491. The first-order chi connectivity index (χ1) is 13.2. The second-order valence-electron chi connectivity index (χ2n) is 6.65. The summed E-state index contributed by atoms with van der Waals surface area (Å²) in [5, 5.41) is 3.21. The van der Waals surface area contributed by atoms with E-state index in [1.807, 2.05) is 10.8 Å². The third-order valence-corrected chi connectivity index (χ3v) is 4.95. The van der Waals surface area contributed by atoms with Crippen LogP contribution in [0.5, 0.6) is 0 Å². The Labute approximate surface area is 161 Å². The Morgan fingerprint density at radius 3 is 3.19 bits per heavy atom. The number of rotatable bonds is 6. The molecule has 0 saturated carbocycles. The normalized spacial score (nSPS) is 17.4. The first kappa shape index (κ1) is 17.7. The van der Waals surface area contributed by atoms with Crippen molar-refractivity contribution in [1.82, 2.24) is 34.8 Å². The lowest BCUT2D eigenvalue weighted by atomic mass is 9.97. The van der Waals surface area contributed by atoms with E-state index in [2.05, 4.69) is 35.1 Å². The molecule has 1 unspecified atom stereocenters. The van der Waals surface area contributed by atoms with Crippen molar-refractivity contribution >= 4 is 34.5 Å². The Hall–Kier alpha value is -2.68. The van der Waals surface area contributed by atoms with Crippen LogP contribution in [0.2, 0.25) is 5.28 Å². The molecule has 4 rings (SSSR count). The van der Waals surface area contributed by atoms with Gasteiger partial charge in [-0.2, -0.15) is 9.97 Å². The number of hydrogen-bond donors (Lipinski definition) is 2. The Morgan fingerprint density at radius 2 is 2.33 bits per heavy atom. The molecule has 1 atom stereocenters. The van der Waals surface area contributed by atoms with E-state index >= 15 is 0 Å². The monoisotopic (exact) mass is 388 g/mol. The summed E-state index contributed by atoms with van der Waals surface area (Å²) in [5.41, 5.74) is 1.29. The fraction of sp³-hybridized carbons (Fsp3) is 0.471. The average Bonchev–Trinajstić information content (AvgIpc) is 3.36. The van der Waals surface area contributed by atoms with E-state index in [9.17, 15) is 4.79 Å². The Kier molecular flexibility index (Phi) is 5.19. The van der Waals surface area contributed by atoms with E-state index < -0.39 is 0 Å². The number of anilines is 1. The van der Waals surface area contributed by atoms with Gasteiger partial charge in [-0.3, -0.25) is 4.79 Å². The molecule has 0 radical (unpaired) electrons. The molecule has 1 aliphatic heterocycles. The smallest absolute Gasteiger partial charge is 0.226 e. The third kappa shape index (κ3) is 4.02. The molecule has 1 aliphatic rings. The molecule has 27 heavy (non-hydrogen) atoms. The maximum absolute atomic E-state index is 12.6. The maximum Gasteiger partial charge on any atom is 0.226 e. The summed E-state index contributed by atoms with van der Waals surface area (Å²) in [4.78, 5) is 34.4. The molecule has 3 aromatic heterocycles. The number of imidazole rings is 2. The molecule has 1 saturated heterocycles. The summed E-state index contributed by atoms with van der Waals surface area (Å²) >= 11 is 6.04. The zero-order valence-electron chi connectivity index (χ0n) is 14.8. The van der Waals surface area contributed by atoms with Crippen LogP contribution < -0.4 is 10.2 Å². The van der Waals surface area contributed by atoms with Crippen molar-refractivity contribution in [2.24, 2.45) is 5.92 Å². The zero-order valence-corrected chi connectivity index (χ0v) is 15.6. The first-order valence-corrected chi connectivity index (χ1v) is 9.43. The number of aryl methyl sites for hydroxylation is 1. The molecule has 0 aliphatic carbocycles. The first-order valence-electron chi connectivity index (χ1n) is 9.06. The summed E-state index contributed by atoms with van der Waals surface area (Å²) in [6, 6.07) is 0. The van der Waals surface area contributed by atoms with Gasteiger partial charge in [-0.05, 0) is 30.9 Å². The predicted octanol–water partition coefficient (Wildman–Crippen LogP) is 1.63. The fourth-order valence-electron chi connectivity index (χ4n) is 3.44. The Balaban J connectivity index is 1.36. The van der Waals surface area contributed by atoms with E-state index in [1.54, 1.807) is 18.9 Å². The zero-order chi connectivity index (χ0) is 18.6. The van der Waals surface area contributed by atoms with Crippen LogP contribution in [-0.2, 0) is 11.3 Å². The molecule has 0 spiro atoms. The van der Waals surface area contributed by atoms with E-state index in [4.69, 9.17) is 11.6 Å². The predicted molar refractivity (Wildman–Crippen MR) is 101 cm³/mol. The molecular weight excluding hydrogens is 368 g/mol. The van der Waals surface area contributed by atoms with Crippen molar-refractivity contribution in [3.05, 3.63) is 30.3 Å². The van der Waals surface area contributed by atoms with Crippen LogP contribution >= 0.6 is 11.6 Å². The van der Waals surface area contributed by atoms with Crippen LogP contribution in [0.1, 0.15) is 19.3 Å². The second kappa shape index (κ2) is 7.91. The highest BCUT2D eigenvalue weighted by Crippen LogP contribution is 2.27. The summed E-state index contributed by atoms with van der Waals surface area (Å²) < 4.78 is 2.00. The van der Waals surface area contributed by atoms with Crippen LogP contribution in [0.4, 0.5) is 5.82 Å². The van der Waals surface area contributed by atoms with Gasteiger partial charge in [0.05, 0.1) is 18.6 Å². The lowest BCUT2D eigenvalue weighted by molar-refractivity contribution is -0.125. The summed E-state index contributed by atoms with van der Waals surface area (Å²) in [7, 11) is 0. The van der Waals surface area contributed by atoms with Gasteiger partial charge in [0.25, 0.3) is 0 Å². The minimum atomic E-state index is -0.0706. The van der Waals surface area contributed by atoms with Crippen molar-refractivity contribution < 1.29 is 4.79 Å². The molecular formula is C17H21ClN8O. The van der Waals surface area contributed by atoms with Crippen LogP contribution in [0.3, 0.4) is 0 Å². The molecule has 3 aromatic rings. The minimum Gasteiger partial charge on any atom is -0.356 e. The SMILES string of the molecule is O=C(NCCCn1ccnc1)C1CCCN(c2nc(Cl)nc3nc[nH]c23)C1. The number of nitrogens with zero attached hydrogens (tertiary/aromatic N) is 6. The number of aromatic nitrogens is 6. The fourth-order valence-corrected chi connectivity index (χ4v) is 3.60. The molecule has 1 fully saturated rings. The molecule has 1 amide bonds. The van der Waals surface area contributed by atoms with Crippen LogP contribution in [-0.4, -0.2) is 55.0 Å². The molecule has 0 aromatic carbocycles. The Bertz CT molecular complexity index is 909. The van der Waals surface area contributed by atoms with E-state index in [-0.39, 0.29) is 17.1 Å². The number of hydrogen-bond acceptors (Lipinski definition) is 6. The van der Waals surface area contributed by atoms with Gasteiger partial charge in [-0.25, -0.2) is 9.97 Å². The maximum atomic E-state index is 12.6. The molecule has 10 heteroatoms. The highest BCUT2D eigenvalue weighted by atomic mass is 35.5. The van der Waals surface area contributed by atoms with Gasteiger partial charge < -0.3 is 19.8 Å². The van der Waals surface area contributed by atoms with Crippen molar-refractivity contribution in [2.75, 3.05) is 24.5 Å². The van der Waals surface area contributed by atoms with Crippen LogP contribution in [0.15, 0.2) is 25.0 Å². The number of carbonyl (C=O) groups excluding carboxylic acids is 1. The highest BCUT2D eigenvalue weighted by molar-refractivity contribution is 6.28. The number of carbonyl (C=O) groups is 1. The van der Waals surface area contributed by atoms with E-state index in [1.165, 1.54) is 0 Å². The Morgan fingerprint density at radius 1 is 1.41 bits per heavy atom. The number of aromatic amines is 1. The van der Waals surface area contributed by atoms with Gasteiger partial charge in [0.1, 0.15) is 5.52 Å². The largest absolute Gasteiger partial charge is 0.356 e. The number of H-pyrrole nitrogens is 1. The molecule has 142 valence electrons.